The molecule has 0 bridgehead atoms. The van der Waals surface area contributed by atoms with Crippen molar-refractivity contribution >= 4 is 23.8 Å². The fraction of sp³-hybridized carbons (Fsp3) is 0.429. The van der Waals surface area contributed by atoms with E-state index in [1.165, 1.54) is 0 Å². The lowest BCUT2D eigenvalue weighted by atomic mass is 10.2. The van der Waals surface area contributed by atoms with Crippen LogP contribution in [0.4, 0.5) is 4.79 Å². The van der Waals surface area contributed by atoms with Crippen molar-refractivity contribution in [2.45, 2.75) is 12.5 Å². The number of nitrogens with one attached hydrogen (secondary N) is 2. The first-order valence-corrected chi connectivity index (χ1v) is 4.05. The fourth-order valence-corrected chi connectivity index (χ4v) is 1.52. The number of amides is 5. The molecule has 0 aliphatic carbocycles. The van der Waals surface area contributed by atoms with E-state index in [0.29, 0.717) is 0 Å². The molecule has 2 aliphatic heterocycles. The highest BCUT2D eigenvalue weighted by atomic mass is 16.2. The van der Waals surface area contributed by atoms with E-state index in [2.05, 4.69) is 5.32 Å². The van der Waals surface area contributed by atoms with Gasteiger partial charge in [-0.3, -0.25) is 24.6 Å². The SMILES string of the molecule is O=C1CC(N2C(=O)NC(=O)C2=O)CN1. The highest BCUT2D eigenvalue weighted by Gasteiger charge is 2.43. The molecule has 2 fully saturated rings. The van der Waals surface area contributed by atoms with Crippen LogP contribution in [0.25, 0.3) is 0 Å². The van der Waals surface area contributed by atoms with Gasteiger partial charge in [0.15, 0.2) is 0 Å². The van der Waals surface area contributed by atoms with Crippen molar-refractivity contribution in [3.63, 3.8) is 0 Å². The zero-order chi connectivity index (χ0) is 10.3. The summed E-state index contributed by atoms with van der Waals surface area (Å²) in [6, 6.07) is -1.29. The summed E-state index contributed by atoms with van der Waals surface area (Å²) >= 11 is 0. The predicted molar refractivity (Wildman–Crippen MR) is 41.8 cm³/mol. The smallest absolute Gasteiger partial charge is 0.331 e. The van der Waals surface area contributed by atoms with Crippen molar-refractivity contribution < 1.29 is 19.2 Å². The molecule has 2 rings (SSSR count). The Kier molecular flexibility index (Phi) is 1.73. The van der Waals surface area contributed by atoms with Gasteiger partial charge in [-0.1, -0.05) is 0 Å². The Labute approximate surface area is 78.4 Å². The van der Waals surface area contributed by atoms with Crippen molar-refractivity contribution in [3.05, 3.63) is 0 Å². The summed E-state index contributed by atoms with van der Waals surface area (Å²) in [6.07, 6.45) is 0.0619. The maximum absolute atomic E-state index is 11.2. The average Bonchev–Trinajstić information content (AvgIpc) is 2.60. The molecule has 2 aliphatic rings. The summed E-state index contributed by atoms with van der Waals surface area (Å²) in [5.41, 5.74) is 0. The Balaban J connectivity index is 2.18. The monoisotopic (exact) mass is 197 g/mol. The topological polar surface area (TPSA) is 95.6 Å². The van der Waals surface area contributed by atoms with Gasteiger partial charge in [0.1, 0.15) is 0 Å². The predicted octanol–water partition coefficient (Wildman–Crippen LogP) is -2.05. The van der Waals surface area contributed by atoms with Crippen molar-refractivity contribution in [1.29, 1.82) is 0 Å². The fourth-order valence-electron chi connectivity index (χ4n) is 1.52. The number of carbonyl (C=O) groups is 4. The van der Waals surface area contributed by atoms with Gasteiger partial charge in [-0.2, -0.15) is 0 Å². The number of carbonyl (C=O) groups excluding carboxylic acids is 4. The van der Waals surface area contributed by atoms with Gasteiger partial charge in [0.05, 0.1) is 6.04 Å². The molecule has 1 atom stereocenters. The molecule has 0 spiro atoms. The number of imide groups is 2. The Morgan fingerprint density at radius 1 is 1.21 bits per heavy atom. The summed E-state index contributed by atoms with van der Waals surface area (Å²) < 4.78 is 0. The third-order valence-electron chi connectivity index (χ3n) is 2.17. The number of hydrogen-bond donors (Lipinski definition) is 2. The first-order chi connectivity index (χ1) is 6.59. The van der Waals surface area contributed by atoms with Crippen LogP contribution in [0.1, 0.15) is 6.42 Å². The van der Waals surface area contributed by atoms with Gasteiger partial charge in [-0.15, -0.1) is 0 Å². The molecule has 14 heavy (non-hydrogen) atoms. The van der Waals surface area contributed by atoms with Gasteiger partial charge < -0.3 is 5.32 Å². The molecule has 2 heterocycles. The summed E-state index contributed by atoms with van der Waals surface area (Å²) in [5.74, 6) is -2.05. The van der Waals surface area contributed by atoms with E-state index in [9.17, 15) is 19.2 Å². The lowest BCUT2D eigenvalue weighted by Crippen LogP contribution is -2.41. The van der Waals surface area contributed by atoms with E-state index in [-0.39, 0.29) is 18.9 Å². The molecule has 0 aromatic carbocycles. The summed E-state index contributed by atoms with van der Waals surface area (Å²) in [5, 5.41) is 4.35. The maximum Gasteiger partial charge on any atom is 0.331 e. The second kappa shape index (κ2) is 2.79. The molecular weight excluding hydrogens is 190 g/mol. The molecule has 0 radical (unpaired) electrons. The average molecular weight is 197 g/mol. The minimum atomic E-state index is -0.936. The molecule has 7 nitrogen and oxygen atoms in total. The van der Waals surface area contributed by atoms with Gasteiger partial charge in [-0.05, 0) is 0 Å². The van der Waals surface area contributed by atoms with Crippen LogP contribution in [0.2, 0.25) is 0 Å². The minimum Gasteiger partial charge on any atom is -0.354 e. The van der Waals surface area contributed by atoms with Crippen molar-refractivity contribution in [3.8, 4) is 0 Å². The van der Waals surface area contributed by atoms with Gasteiger partial charge in [0.25, 0.3) is 0 Å². The molecule has 74 valence electrons. The zero-order valence-corrected chi connectivity index (χ0v) is 7.07. The largest absolute Gasteiger partial charge is 0.354 e. The zero-order valence-electron chi connectivity index (χ0n) is 7.07. The van der Waals surface area contributed by atoms with Crippen molar-refractivity contribution in [2.24, 2.45) is 0 Å². The van der Waals surface area contributed by atoms with E-state index < -0.39 is 23.9 Å². The Bertz CT molecular complexity index is 351. The third kappa shape index (κ3) is 1.13. The Morgan fingerprint density at radius 3 is 2.36 bits per heavy atom. The highest BCUT2D eigenvalue weighted by molar-refractivity contribution is 6.45. The Morgan fingerprint density at radius 2 is 1.93 bits per heavy atom. The summed E-state index contributed by atoms with van der Waals surface area (Å²) in [7, 11) is 0. The van der Waals surface area contributed by atoms with Crippen LogP contribution in [-0.2, 0) is 14.4 Å². The normalized spacial score (nSPS) is 26.9. The van der Waals surface area contributed by atoms with E-state index in [1.807, 2.05) is 5.32 Å². The number of rotatable bonds is 1. The quantitative estimate of drug-likeness (QED) is 0.373. The van der Waals surface area contributed by atoms with Crippen LogP contribution in [0.5, 0.6) is 0 Å². The number of nitrogens with zero attached hydrogens (tertiary/aromatic N) is 1. The molecule has 0 saturated carbocycles. The van der Waals surface area contributed by atoms with Crippen LogP contribution in [0, 0.1) is 0 Å². The van der Waals surface area contributed by atoms with Crippen LogP contribution < -0.4 is 10.6 Å². The van der Waals surface area contributed by atoms with Crippen LogP contribution in [-0.4, -0.2) is 41.2 Å². The van der Waals surface area contributed by atoms with Gasteiger partial charge in [0, 0.05) is 13.0 Å². The molecule has 5 amide bonds. The highest BCUT2D eigenvalue weighted by Crippen LogP contribution is 2.13. The molecule has 7 heteroatoms. The Hall–Kier alpha value is -1.92. The van der Waals surface area contributed by atoms with Gasteiger partial charge in [0.2, 0.25) is 5.91 Å². The van der Waals surface area contributed by atoms with Crippen LogP contribution >= 0.6 is 0 Å². The summed E-state index contributed by atoms with van der Waals surface area (Å²) in [4.78, 5) is 44.7. The first kappa shape index (κ1) is 8.67. The van der Waals surface area contributed by atoms with E-state index in [4.69, 9.17) is 0 Å². The van der Waals surface area contributed by atoms with Crippen molar-refractivity contribution in [2.75, 3.05) is 6.54 Å². The molecular formula is C7H7N3O4. The second-order valence-corrected chi connectivity index (χ2v) is 3.10. The lowest BCUT2D eigenvalue weighted by molar-refractivity contribution is -0.141. The van der Waals surface area contributed by atoms with E-state index in [1.54, 1.807) is 0 Å². The number of hydrogen-bond acceptors (Lipinski definition) is 4. The van der Waals surface area contributed by atoms with E-state index in [0.717, 1.165) is 4.90 Å². The van der Waals surface area contributed by atoms with Crippen LogP contribution in [0.3, 0.4) is 0 Å². The summed E-state index contributed by atoms with van der Waals surface area (Å²) in [6.45, 7) is 0.214. The third-order valence-corrected chi connectivity index (χ3v) is 2.17. The lowest BCUT2D eigenvalue weighted by Gasteiger charge is -2.16. The van der Waals surface area contributed by atoms with Crippen LogP contribution in [0.15, 0.2) is 0 Å². The first-order valence-electron chi connectivity index (χ1n) is 4.05. The van der Waals surface area contributed by atoms with Crippen molar-refractivity contribution in [1.82, 2.24) is 15.5 Å². The molecule has 0 aromatic heterocycles. The molecule has 2 saturated heterocycles. The van der Waals surface area contributed by atoms with Gasteiger partial charge in [-0.25, -0.2) is 4.79 Å². The second-order valence-electron chi connectivity index (χ2n) is 3.10. The molecule has 1 unspecified atom stereocenters. The number of urea groups is 1. The molecule has 2 N–H and O–H groups in total. The van der Waals surface area contributed by atoms with Gasteiger partial charge >= 0.3 is 17.8 Å². The molecule has 0 aromatic rings. The minimum absolute atomic E-state index is 0.0619. The van der Waals surface area contributed by atoms with E-state index >= 15 is 0 Å². The maximum atomic E-state index is 11.2. The standard InChI is InChI=1S/C7H7N3O4/c11-4-1-3(2-8-4)10-6(13)5(12)9-7(10)14/h3H,1-2H2,(H,8,11)(H,9,12,14).